The van der Waals surface area contributed by atoms with Crippen molar-refractivity contribution in [3.8, 4) is 11.3 Å². The minimum absolute atomic E-state index is 0.0633. The Morgan fingerprint density at radius 3 is 2.69 bits per heavy atom. The molecular weight excluding hydrogens is 496 g/mol. The summed E-state index contributed by atoms with van der Waals surface area (Å²) in [6.45, 7) is 4.50. The Morgan fingerprint density at radius 2 is 1.97 bits per heavy atom. The van der Waals surface area contributed by atoms with Gasteiger partial charge in [0.1, 0.15) is 10.5 Å². The van der Waals surface area contributed by atoms with E-state index in [1.54, 1.807) is 17.1 Å². The smallest absolute Gasteiger partial charge is 0.227 e. The van der Waals surface area contributed by atoms with Gasteiger partial charge in [-0.15, -0.1) is 0 Å². The lowest BCUT2D eigenvalue weighted by Crippen LogP contribution is -2.50. The number of hydrogen-bond donors (Lipinski definition) is 1. The Kier molecular flexibility index (Phi) is 6.07. The highest BCUT2D eigenvalue weighted by molar-refractivity contribution is 7.99. The van der Waals surface area contributed by atoms with Crippen molar-refractivity contribution in [2.24, 2.45) is 18.2 Å². The number of fused-ring (bicyclic) bond motifs is 1. The number of nitrogens with two attached hydrogens (primary N) is 1. The maximum atomic E-state index is 6.73. The number of halogens is 1. The van der Waals surface area contributed by atoms with Gasteiger partial charge in [0, 0.05) is 48.2 Å². The van der Waals surface area contributed by atoms with Gasteiger partial charge in [-0.1, -0.05) is 35.5 Å². The van der Waals surface area contributed by atoms with Crippen molar-refractivity contribution in [3.05, 3.63) is 47.9 Å². The monoisotopic (exact) mass is 522 g/mol. The van der Waals surface area contributed by atoms with Crippen molar-refractivity contribution < 1.29 is 4.74 Å². The van der Waals surface area contributed by atoms with Crippen molar-refractivity contribution in [1.29, 1.82) is 0 Å². The summed E-state index contributed by atoms with van der Waals surface area (Å²) in [5, 5.41) is 5.83. The van der Waals surface area contributed by atoms with Gasteiger partial charge in [-0.3, -0.25) is 4.68 Å². The van der Waals surface area contributed by atoms with Gasteiger partial charge in [-0.05, 0) is 31.9 Å². The number of aromatic nitrogens is 6. The first-order chi connectivity index (χ1) is 17.4. The van der Waals surface area contributed by atoms with Gasteiger partial charge in [0.05, 0.1) is 35.8 Å². The number of ether oxygens (including phenoxy) is 1. The molecule has 0 amide bonds. The second kappa shape index (κ2) is 9.26. The van der Waals surface area contributed by atoms with Gasteiger partial charge in [-0.2, -0.15) is 10.1 Å². The van der Waals surface area contributed by atoms with E-state index in [1.807, 2.05) is 37.5 Å². The quantitative estimate of drug-likeness (QED) is 0.426. The predicted octanol–water partition coefficient (Wildman–Crippen LogP) is 3.96. The van der Waals surface area contributed by atoms with Gasteiger partial charge in [-0.25, -0.2) is 15.0 Å². The van der Waals surface area contributed by atoms with E-state index in [9.17, 15) is 0 Å². The largest absolute Gasteiger partial charge is 0.376 e. The molecule has 1 aromatic carbocycles. The molecule has 0 bridgehead atoms. The van der Waals surface area contributed by atoms with Crippen LogP contribution in [0.2, 0.25) is 5.02 Å². The molecule has 5 heterocycles. The third kappa shape index (κ3) is 4.21. The first-order valence-corrected chi connectivity index (χ1v) is 13.2. The Hall–Kier alpha value is -2.79. The minimum atomic E-state index is 0.0633. The van der Waals surface area contributed by atoms with Crippen LogP contribution in [-0.4, -0.2) is 61.6 Å². The molecule has 2 atom stereocenters. The summed E-state index contributed by atoms with van der Waals surface area (Å²) in [6, 6.07) is 7.93. The van der Waals surface area contributed by atoms with E-state index in [-0.39, 0.29) is 17.6 Å². The van der Waals surface area contributed by atoms with Crippen LogP contribution >= 0.6 is 23.4 Å². The summed E-state index contributed by atoms with van der Waals surface area (Å²) in [5.74, 6) is 0.679. The van der Waals surface area contributed by atoms with Crippen LogP contribution in [0.15, 0.2) is 52.8 Å². The number of nitrogens with zero attached hydrogens (tertiary/aromatic N) is 7. The lowest BCUT2D eigenvalue weighted by molar-refractivity contribution is 0.0973. The van der Waals surface area contributed by atoms with Gasteiger partial charge >= 0.3 is 0 Å². The highest BCUT2D eigenvalue weighted by Gasteiger charge is 2.47. The van der Waals surface area contributed by atoms with Crippen molar-refractivity contribution in [2.75, 3.05) is 24.6 Å². The molecule has 9 nitrogen and oxygen atoms in total. The van der Waals surface area contributed by atoms with Crippen molar-refractivity contribution in [3.63, 3.8) is 0 Å². The topological polar surface area (TPSA) is 108 Å². The van der Waals surface area contributed by atoms with Crippen molar-refractivity contribution in [1.82, 2.24) is 29.7 Å². The first-order valence-electron chi connectivity index (χ1n) is 12.0. The van der Waals surface area contributed by atoms with Crippen LogP contribution in [0.1, 0.15) is 19.8 Å². The summed E-state index contributed by atoms with van der Waals surface area (Å²) in [6.07, 6.45) is 7.43. The van der Waals surface area contributed by atoms with Crippen LogP contribution in [0, 0.1) is 5.41 Å². The molecule has 0 unspecified atom stereocenters. The fraction of sp³-hybridized carbons (Fsp3) is 0.400. The van der Waals surface area contributed by atoms with Gasteiger partial charge < -0.3 is 15.4 Å². The molecule has 36 heavy (non-hydrogen) atoms. The Morgan fingerprint density at radius 1 is 1.14 bits per heavy atom. The Balaban J connectivity index is 1.19. The number of aryl methyl sites for hydroxylation is 1. The standard InChI is InChI=1S/C25H27ClN8OS/c1-15-22(27)25(14-35-15)7-10-34(11-8-25)24-29-12-18-23(31-24)28-13-20(30-18)36-19-5-3-4-16(21(19)26)17-6-9-33(2)32-17/h3-6,9,12-13,15,22H,7-8,10-11,14,27H2,1-2H3/t15-,22+/m0/s1. The first kappa shape index (κ1) is 23.6. The van der Waals surface area contributed by atoms with Crippen LogP contribution < -0.4 is 10.6 Å². The lowest BCUT2D eigenvalue weighted by atomic mass is 9.73. The summed E-state index contributed by atoms with van der Waals surface area (Å²) in [7, 11) is 1.89. The third-order valence-corrected chi connectivity index (χ3v) is 8.81. The van der Waals surface area contributed by atoms with E-state index >= 15 is 0 Å². The summed E-state index contributed by atoms with van der Waals surface area (Å²) in [4.78, 5) is 21.7. The molecule has 4 aromatic rings. The average Bonchev–Trinajstić information content (AvgIpc) is 3.44. The fourth-order valence-electron chi connectivity index (χ4n) is 5.08. The predicted molar refractivity (Wildman–Crippen MR) is 140 cm³/mol. The third-order valence-electron chi connectivity index (χ3n) is 7.32. The van der Waals surface area contributed by atoms with Crippen LogP contribution in [0.4, 0.5) is 5.95 Å². The van der Waals surface area contributed by atoms with E-state index < -0.39 is 0 Å². The van der Waals surface area contributed by atoms with Gasteiger partial charge in [0.25, 0.3) is 0 Å². The average molecular weight is 523 g/mol. The van der Waals surface area contributed by atoms with E-state index in [0.717, 1.165) is 53.7 Å². The molecule has 1 spiro atoms. The zero-order valence-corrected chi connectivity index (χ0v) is 21.7. The zero-order valence-electron chi connectivity index (χ0n) is 20.1. The molecule has 2 fully saturated rings. The van der Waals surface area contributed by atoms with Crippen LogP contribution in [0.5, 0.6) is 0 Å². The molecule has 0 aliphatic carbocycles. The number of anilines is 1. The molecule has 2 N–H and O–H groups in total. The maximum absolute atomic E-state index is 6.73. The lowest BCUT2D eigenvalue weighted by Gasteiger charge is -2.41. The molecule has 2 aliphatic heterocycles. The summed E-state index contributed by atoms with van der Waals surface area (Å²) in [5.41, 5.74) is 9.45. The molecule has 11 heteroatoms. The molecule has 0 saturated carbocycles. The molecule has 2 aliphatic rings. The van der Waals surface area contributed by atoms with Crippen LogP contribution in [0.25, 0.3) is 22.4 Å². The van der Waals surface area contributed by atoms with E-state index in [0.29, 0.717) is 22.1 Å². The molecule has 2 saturated heterocycles. The molecule has 0 radical (unpaired) electrons. The van der Waals surface area contributed by atoms with Crippen molar-refractivity contribution in [2.45, 2.75) is 41.8 Å². The molecule has 3 aromatic heterocycles. The molecule has 6 rings (SSSR count). The van der Waals surface area contributed by atoms with Crippen LogP contribution in [-0.2, 0) is 11.8 Å². The highest BCUT2D eigenvalue weighted by Crippen LogP contribution is 2.42. The number of piperidine rings is 1. The minimum Gasteiger partial charge on any atom is -0.376 e. The Labute approximate surface area is 218 Å². The summed E-state index contributed by atoms with van der Waals surface area (Å²) < 4.78 is 7.60. The van der Waals surface area contributed by atoms with Gasteiger partial charge in [0.2, 0.25) is 5.95 Å². The normalized spacial score (nSPS) is 21.5. The van der Waals surface area contributed by atoms with E-state index in [1.165, 1.54) is 11.8 Å². The van der Waals surface area contributed by atoms with Gasteiger partial charge in [0.15, 0.2) is 5.65 Å². The van der Waals surface area contributed by atoms with E-state index in [2.05, 4.69) is 26.9 Å². The second-order valence-corrected chi connectivity index (χ2v) is 11.0. The number of rotatable bonds is 4. The molecular formula is C25H27ClN8OS. The zero-order chi connectivity index (χ0) is 24.9. The number of hydrogen-bond acceptors (Lipinski definition) is 9. The second-order valence-electron chi connectivity index (χ2n) is 9.57. The maximum Gasteiger partial charge on any atom is 0.227 e. The Bertz CT molecular complexity index is 1420. The van der Waals surface area contributed by atoms with E-state index in [4.69, 9.17) is 32.0 Å². The SMILES string of the molecule is C[C@@H]1OCC2(CCN(c3ncc4nc(Sc5cccc(-c6ccn(C)n6)c5Cl)cnc4n3)CC2)[C@@H]1N. The number of benzene rings is 1. The summed E-state index contributed by atoms with van der Waals surface area (Å²) >= 11 is 8.18. The highest BCUT2D eigenvalue weighted by atomic mass is 35.5. The van der Waals surface area contributed by atoms with Crippen molar-refractivity contribution >= 4 is 40.5 Å². The molecule has 186 valence electrons. The van der Waals surface area contributed by atoms with Crippen LogP contribution in [0.3, 0.4) is 0 Å². The fourth-order valence-corrected chi connectivity index (χ4v) is 6.24.